The summed E-state index contributed by atoms with van der Waals surface area (Å²) in [6.07, 6.45) is 6.83. The summed E-state index contributed by atoms with van der Waals surface area (Å²) in [6.45, 7) is 8.38. The number of anilines is 3. The lowest BCUT2D eigenvalue weighted by Crippen LogP contribution is -2.47. The molecule has 2 atom stereocenters. The Kier molecular flexibility index (Phi) is 6.22. The molecule has 182 valence electrons. The van der Waals surface area contributed by atoms with E-state index in [0.29, 0.717) is 17.9 Å². The Bertz CT molecular complexity index is 1160. The third-order valence-corrected chi connectivity index (χ3v) is 7.25. The summed E-state index contributed by atoms with van der Waals surface area (Å²) >= 11 is 0. The molecule has 35 heavy (non-hydrogen) atoms. The van der Waals surface area contributed by atoms with Gasteiger partial charge in [0.15, 0.2) is 0 Å². The highest BCUT2D eigenvalue weighted by Crippen LogP contribution is 2.31. The molecule has 0 spiro atoms. The van der Waals surface area contributed by atoms with Crippen LogP contribution in [-0.4, -0.2) is 71.4 Å². The van der Waals surface area contributed by atoms with Gasteiger partial charge in [-0.2, -0.15) is 0 Å². The zero-order valence-electron chi connectivity index (χ0n) is 20.2. The smallest absolute Gasteiger partial charge is 0.227 e. The van der Waals surface area contributed by atoms with Gasteiger partial charge in [0.1, 0.15) is 6.10 Å². The molecule has 8 nitrogen and oxygen atoms in total. The summed E-state index contributed by atoms with van der Waals surface area (Å²) in [4.78, 5) is 18.8. The van der Waals surface area contributed by atoms with Gasteiger partial charge in [0, 0.05) is 80.5 Å². The van der Waals surface area contributed by atoms with Crippen LogP contribution in [0.1, 0.15) is 24.8 Å². The maximum atomic E-state index is 5.99. The predicted molar refractivity (Wildman–Crippen MR) is 136 cm³/mol. The van der Waals surface area contributed by atoms with Crippen molar-refractivity contribution < 1.29 is 9.47 Å². The normalized spacial score (nSPS) is 22.3. The van der Waals surface area contributed by atoms with E-state index in [1.54, 1.807) is 6.20 Å². The number of hydrogen-bond donors (Lipinski definition) is 1. The van der Waals surface area contributed by atoms with Crippen molar-refractivity contribution in [1.29, 1.82) is 0 Å². The molecular weight excluding hydrogens is 440 g/mol. The van der Waals surface area contributed by atoms with Crippen LogP contribution >= 0.6 is 0 Å². The van der Waals surface area contributed by atoms with Crippen LogP contribution in [0.3, 0.4) is 0 Å². The van der Waals surface area contributed by atoms with Crippen LogP contribution in [0.2, 0.25) is 0 Å². The largest absolute Gasteiger partial charge is 0.474 e. The van der Waals surface area contributed by atoms with Gasteiger partial charge in [0.25, 0.3) is 0 Å². The first-order chi connectivity index (χ1) is 17.2. The zero-order chi connectivity index (χ0) is 23.6. The molecule has 2 bridgehead atoms. The monoisotopic (exact) mass is 472 g/mol. The third-order valence-electron chi connectivity index (χ3n) is 7.25. The van der Waals surface area contributed by atoms with Gasteiger partial charge in [-0.15, -0.1) is 0 Å². The molecule has 0 saturated carbocycles. The van der Waals surface area contributed by atoms with Crippen LogP contribution in [0.4, 0.5) is 17.3 Å². The SMILES string of the molecule is Cc1cc(Nc2nccc(-c3ccc(OC4CCOCC4)nc3)n2)ccc1N1CCN2CCC1C2. The lowest BCUT2D eigenvalue weighted by Gasteiger charge is -2.37. The van der Waals surface area contributed by atoms with Crippen molar-refractivity contribution in [3.05, 3.63) is 54.4 Å². The number of piperazine rings is 1. The first-order valence-electron chi connectivity index (χ1n) is 12.6. The van der Waals surface area contributed by atoms with Crippen molar-refractivity contribution in [3.8, 4) is 17.1 Å². The van der Waals surface area contributed by atoms with Crippen LogP contribution in [0, 0.1) is 6.92 Å². The second kappa shape index (κ2) is 9.79. The number of benzene rings is 1. The summed E-state index contributed by atoms with van der Waals surface area (Å²) < 4.78 is 11.4. The Balaban J connectivity index is 1.13. The Morgan fingerprint density at radius 1 is 1.00 bits per heavy atom. The first-order valence-corrected chi connectivity index (χ1v) is 12.6. The van der Waals surface area contributed by atoms with Crippen molar-refractivity contribution in [1.82, 2.24) is 19.9 Å². The van der Waals surface area contributed by atoms with Crippen LogP contribution < -0.4 is 15.0 Å². The van der Waals surface area contributed by atoms with Crippen molar-refractivity contribution in [2.45, 2.75) is 38.3 Å². The second-order valence-corrected chi connectivity index (χ2v) is 9.64. The average Bonchev–Trinajstić information content (AvgIpc) is 3.27. The number of aromatic nitrogens is 3. The quantitative estimate of drug-likeness (QED) is 0.576. The lowest BCUT2D eigenvalue weighted by atomic mass is 10.1. The molecule has 3 saturated heterocycles. The third kappa shape index (κ3) is 4.94. The summed E-state index contributed by atoms with van der Waals surface area (Å²) in [5, 5.41) is 3.38. The molecule has 3 fully saturated rings. The van der Waals surface area contributed by atoms with E-state index in [-0.39, 0.29) is 6.10 Å². The van der Waals surface area contributed by atoms with Crippen molar-refractivity contribution in [2.24, 2.45) is 0 Å². The predicted octanol–water partition coefficient (Wildman–Crippen LogP) is 4.04. The molecule has 6 rings (SSSR count). The van der Waals surface area contributed by atoms with E-state index in [2.05, 4.69) is 50.2 Å². The molecule has 1 aromatic carbocycles. The topological polar surface area (TPSA) is 75.6 Å². The Labute approximate surface area is 206 Å². The highest BCUT2D eigenvalue weighted by molar-refractivity contribution is 5.66. The van der Waals surface area contributed by atoms with E-state index >= 15 is 0 Å². The Hall–Kier alpha value is -3.23. The maximum absolute atomic E-state index is 5.99. The number of ether oxygens (including phenoxy) is 2. The van der Waals surface area contributed by atoms with Crippen molar-refractivity contribution in [3.63, 3.8) is 0 Å². The molecule has 2 aromatic heterocycles. The van der Waals surface area contributed by atoms with Gasteiger partial charge >= 0.3 is 0 Å². The van der Waals surface area contributed by atoms with Crippen LogP contribution in [0.5, 0.6) is 5.88 Å². The molecule has 0 radical (unpaired) electrons. The standard InChI is InChI=1S/C27H32N6O2/c1-19-16-21(3-4-25(19)33-13-12-32-11-7-22(33)18-32)30-27-28-10-6-24(31-27)20-2-5-26(29-17-20)35-23-8-14-34-15-9-23/h2-6,10,16-17,22-23H,7-9,11-15,18H2,1H3,(H,28,30,31). The van der Waals surface area contributed by atoms with Gasteiger partial charge in [0.2, 0.25) is 11.8 Å². The Morgan fingerprint density at radius 2 is 1.91 bits per heavy atom. The van der Waals surface area contributed by atoms with E-state index in [0.717, 1.165) is 56.1 Å². The van der Waals surface area contributed by atoms with Gasteiger partial charge in [-0.3, -0.25) is 4.90 Å². The van der Waals surface area contributed by atoms with Gasteiger partial charge in [0.05, 0.1) is 18.9 Å². The molecule has 5 heterocycles. The number of hydrogen-bond acceptors (Lipinski definition) is 8. The molecule has 3 aromatic rings. The van der Waals surface area contributed by atoms with Crippen LogP contribution in [0.25, 0.3) is 11.3 Å². The molecule has 3 aliphatic heterocycles. The zero-order valence-corrected chi connectivity index (χ0v) is 20.2. The first kappa shape index (κ1) is 22.2. The average molecular weight is 473 g/mol. The number of aryl methyl sites for hydroxylation is 1. The maximum Gasteiger partial charge on any atom is 0.227 e. The fourth-order valence-corrected chi connectivity index (χ4v) is 5.35. The Morgan fingerprint density at radius 3 is 2.74 bits per heavy atom. The van der Waals surface area contributed by atoms with Crippen LogP contribution in [-0.2, 0) is 4.74 Å². The minimum Gasteiger partial charge on any atom is -0.474 e. The minimum atomic E-state index is 0.176. The second-order valence-electron chi connectivity index (χ2n) is 9.64. The van der Waals surface area contributed by atoms with E-state index in [4.69, 9.17) is 14.5 Å². The highest BCUT2D eigenvalue weighted by Gasteiger charge is 2.33. The van der Waals surface area contributed by atoms with Crippen molar-refractivity contribution in [2.75, 3.05) is 49.6 Å². The van der Waals surface area contributed by atoms with E-state index in [1.165, 1.54) is 30.8 Å². The van der Waals surface area contributed by atoms with Gasteiger partial charge in [-0.05, 0) is 49.2 Å². The number of rotatable bonds is 6. The highest BCUT2D eigenvalue weighted by atomic mass is 16.5. The summed E-state index contributed by atoms with van der Waals surface area (Å²) in [6, 6.07) is 13.0. The molecular formula is C27H32N6O2. The molecule has 1 N–H and O–H groups in total. The molecule has 2 unspecified atom stereocenters. The minimum absolute atomic E-state index is 0.176. The number of nitrogens with zero attached hydrogens (tertiary/aromatic N) is 5. The molecule has 8 heteroatoms. The number of nitrogens with one attached hydrogen (secondary N) is 1. The van der Waals surface area contributed by atoms with Gasteiger partial charge in [-0.1, -0.05) is 0 Å². The summed E-state index contributed by atoms with van der Waals surface area (Å²) in [5.74, 6) is 1.21. The van der Waals surface area contributed by atoms with E-state index in [1.807, 2.05) is 24.4 Å². The molecule has 0 aliphatic carbocycles. The summed E-state index contributed by atoms with van der Waals surface area (Å²) in [5.41, 5.74) is 5.35. The molecule has 3 aliphatic rings. The fraction of sp³-hybridized carbons (Fsp3) is 0.444. The van der Waals surface area contributed by atoms with Crippen LogP contribution in [0.15, 0.2) is 48.8 Å². The summed E-state index contributed by atoms with van der Waals surface area (Å²) in [7, 11) is 0. The molecule has 0 amide bonds. The fourth-order valence-electron chi connectivity index (χ4n) is 5.35. The van der Waals surface area contributed by atoms with E-state index in [9.17, 15) is 0 Å². The van der Waals surface area contributed by atoms with Gasteiger partial charge < -0.3 is 19.7 Å². The lowest BCUT2D eigenvalue weighted by molar-refractivity contribution is 0.0237. The van der Waals surface area contributed by atoms with Gasteiger partial charge in [-0.25, -0.2) is 15.0 Å². The van der Waals surface area contributed by atoms with Crippen molar-refractivity contribution >= 4 is 17.3 Å². The number of fused-ring (bicyclic) bond motifs is 2. The van der Waals surface area contributed by atoms with E-state index < -0.39 is 0 Å². The number of pyridine rings is 1.